The van der Waals surface area contributed by atoms with Crippen molar-refractivity contribution in [2.75, 3.05) is 50.4 Å². The fraction of sp³-hybridized carbons (Fsp3) is 0.621. The summed E-state index contributed by atoms with van der Waals surface area (Å²) in [4.78, 5) is 25.5. The number of sulfonamides is 1. The van der Waals surface area contributed by atoms with Crippen LogP contribution in [0.2, 0.25) is 0 Å². The third-order valence-corrected chi connectivity index (χ3v) is 9.97. The lowest BCUT2D eigenvalue weighted by Crippen LogP contribution is -2.54. The van der Waals surface area contributed by atoms with Crippen LogP contribution in [0, 0.1) is 13.8 Å². The topological polar surface area (TPSA) is 119 Å². The molecule has 2 aliphatic heterocycles. The van der Waals surface area contributed by atoms with Gasteiger partial charge in [-0.15, -0.1) is 0 Å². The van der Waals surface area contributed by atoms with E-state index in [4.69, 9.17) is 4.98 Å². The molecule has 11 nitrogen and oxygen atoms in total. The summed E-state index contributed by atoms with van der Waals surface area (Å²) >= 11 is 0. The van der Waals surface area contributed by atoms with Crippen LogP contribution in [0.4, 0.5) is 5.82 Å². The number of piperazine rings is 1. The van der Waals surface area contributed by atoms with E-state index in [-0.39, 0.29) is 17.6 Å². The normalized spacial score (nSPS) is 19.0. The number of aromatic nitrogens is 4. The minimum absolute atomic E-state index is 0.0205. The Balaban J connectivity index is 1.33. The predicted molar refractivity (Wildman–Crippen MR) is 163 cm³/mol. The van der Waals surface area contributed by atoms with Gasteiger partial charge in [-0.2, -0.15) is 9.40 Å². The molecular weight excluding hydrogens is 540 g/mol. The summed E-state index contributed by atoms with van der Waals surface area (Å²) in [5.41, 5.74) is 4.56. The Hall–Kier alpha value is -2.80. The lowest BCUT2D eigenvalue weighted by molar-refractivity contribution is 0.120. The maximum Gasteiger partial charge on any atom is 0.252 e. The molecule has 0 amide bonds. The highest BCUT2D eigenvalue weighted by Crippen LogP contribution is 2.31. The molecule has 41 heavy (non-hydrogen) atoms. The molecule has 224 valence electrons. The Bertz CT molecular complexity index is 1550. The molecule has 1 unspecified atom stereocenters. The first-order chi connectivity index (χ1) is 19.4. The van der Waals surface area contributed by atoms with Crippen molar-refractivity contribution in [2.24, 2.45) is 0 Å². The molecule has 12 heteroatoms. The van der Waals surface area contributed by atoms with E-state index in [0.29, 0.717) is 25.7 Å². The van der Waals surface area contributed by atoms with Crippen molar-refractivity contribution in [3.63, 3.8) is 0 Å². The van der Waals surface area contributed by atoms with E-state index >= 15 is 0 Å². The third kappa shape index (κ3) is 6.35. The fourth-order valence-electron chi connectivity index (χ4n) is 6.25. The summed E-state index contributed by atoms with van der Waals surface area (Å²) < 4.78 is 27.4. The van der Waals surface area contributed by atoms with E-state index in [9.17, 15) is 13.2 Å². The van der Waals surface area contributed by atoms with Crippen LogP contribution in [0.5, 0.6) is 0 Å². The Morgan fingerprint density at radius 3 is 2.34 bits per heavy atom. The van der Waals surface area contributed by atoms with Crippen molar-refractivity contribution in [3.05, 3.63) is 51.1 Å². The molecule has 0 aliphatic carbocycles. The van der Waals surface area contributed by atoms with E-state index < -0.39 is 10.0 Å². The van der Waals surface area contributed by atoms with Gasteiger partial charge in [-0.25, -0.2) is 18.1 Å². The molecule has 5 rings (SSSR count). The second kappa shape index (κ2) is 11.8. The highest BCUT2D eigenvalue weighted by molar-refractivity contribution is 7.88. The average molecular weight is 585 g/mol. The minimum Gasteiger partial charge on any atom is -0.356 e. The lowest BCUT2D eigenvalue weighted by atomic mass is 10.0. The average Bonchev–Trinajstić information content (AvgIpc) is 3.36. The molecule has 0 aromatic carbocycles. The molecule has 1 atom stereocenters. The number of hydrogen-bond acceptors (Lipinski definition) is 8. The molecule has 3 aromatic rings. The molecule has 2 fully saturated rings. The number of nitrogens with one attached hydrogen (secondary N) is 2. The monoisotopic (exact) mass is 584 g/mol. The van der Waals surface area contributed by atoms with Gasteiger partial charge in [0.2, 0.25) is 10.0 Å². The van der Waals surface area contributed by atoms with Crippen molar-refractivity contribution in [3.8, 4) is 0 Å². The predicted octanol–water partition coefficient (Wildman–Crippen LogP) is 2.71. The van der Waals surface area contributed by atoms with Crippen LogP contribution in [-0.2, 0) is 16.6 Å². The van der Waals surface area contributed by atoms with Crippen molar-refractivity contribution in [2.45, 2.75) is 72.1 Å². The van der Waals surface area contributed by atoms with Crippen LogP contribution >= 0.6 is 0 Å². The number of fused-ring (bicyclic) bond motifs is 1. The van der Waals surface area contributed by atoms with Crippen molar-refractivity contribution in [1.82, 2.24) is 34.3 Å². The zero-order chi connectivity index (χ0) is 29.5. The van der Waals surface area contributed by atoms with Crippen LogP contribution in [0.3, 0.4) is 0 Å². The molecular formula is C29H44N8O3S. The molecule has 0 radical (unpaired) electrons. The van der Waals surface area contributed by atoms with Gasteiger partial charge in [0, 0.05) is 80.6 Å². The van der Waals surface area contributed by atoms with E-state index in [1.54, 1.807) is 4.31 Å². The second-order valence-electron chi connectivity index (χ2n) is 12.0. The van der Waals surface area contributed by atoms with Crippen molar-refractivity contribution < 1.29 is 8.42 Å². The largest absolute Gasteiger partial charge is 0.356 e. The molecule has 0 spiro atoms. The van der Waals surface area contributed by atoms with Crippen LogP contribution < -0.4 is 15.8 Å². The molecule has 2 aliphatic rings. The lowest BCUT2D eigenvalue weighted by Gasteiger charge is -2.42. The molecule has 2 saturated heterocycles. The van der Waals surface area contributed by atoms with Crippen molar-refractivity contribution in [1.29, 1.82) is 0 Å². The first kappa shape index (κ1) is 29.7. The number of hydrogen-bond donors (Lipinski definition) is 2. The van der Waals surface area contributed by atoms with Crippen LogP contribution in [0.15, 0.2) is 23.1 Å². The van der Waals surface area contributed by atoms with E-state index in [0.717, 1.165) is 78.3 Å². The maximum absolute atomic E-state index is 12.6. The smallest absolute Gasteiger partial charge is 0.252 e. The zero-order valence-electron chi connectivity index (χ0n) is 25.1. The van der Waals surface area contributed by atoms with Gasteiger partial charge in [-0.05, 0) is 70.7 Å². The van der Waals surface area contributed by atoms with Gasteiger partial charge in [0.05, 0.1) is 12.5 Å². The number of aryl methyl sites for hydroxylation is 2. The first-order valence-electron chi connectivity index (χ1n) is 14.7. The number of pyridine rings is 2. The molecule has 5 heterocycles. The summed E-state index contributed by atoms with van der Waals surface area (Å²) in [6, 6.07) is 4.80. The van der Waals surface area contributed by atoms with E-state index in [1.807, 2.05) is 30.8 Å². The highest BCUT2D eigenvalue weighted by atomic mass is 32.2. The third-order valence-electron chi connectivity index (χ3n) is 8.67. The number of rotatable bonds is 8. The number of anilines is 1. The van der Waals surface area contributed by atoms with Gasteiger partial charge < -0.3 is 15.2 Å². The summed E-state index contributed by atoms with van der Waals surface area (Å²) in [6.07, 6.45) is 5.23. The second-order valence-corrected chi connectivity index (χ2v) is 13.9. The Kier molecular flexibility index (Phi) is 8.56. The first-order valence-corrected chi connectivity index (χ1v) is 16.5. The van der Waals surface area contributed by atoms with E-state index in [2.05, 4.69) is 52.0 Å². The number of piperidine rings is 1. The Labute approximate surface area is 243 Å². The summed E-state index contributed by atoms with van der Waals surface area (Å²) in [5.74, 6) is 0.952. The van der Waals surface area contributed by atoms with Gasteiger partial charge in [0.15, 0.2) is 5.65 Å². The summed E-state index contributed by atoms with van der Waals surface area (Å²) in [6.45, 7) is 15.2. The number of aromatic amines is 1. The maximum atomic E-state index is 12.6. The van der Waals surface area contributed by atoms with Gasteiger partial charge in [0.1, 0.15) is 5.82 Å². The SMILES string of the molecule is Cc1cc(C)c(CNC(C)c2cc(N3CCC(N4CCN(S(C)(=O)=O)CC4)CC3)nc3c2cnn3C(C)C)c(=O)[nH]1. The quantitative estimate of drug-likeness (QED) is 0.415. The standard InChI is InChI=1S/C29H44N8O3S/c1-19(2)37-28-26(18-31-37)24(22(5)30-17-25-20(3)15-21(4)32-29(25)38)16-27(33-28)35-9-7-23(8-10-35)34-11-13-36(14-12-34)41(6,39)40/h15-16,18-19,22-23,30H,7-14,17H2,1-6H3,(H,32,38). The molecule has 2 N–H and O–H groups in total. The van der Waals surface area contributed by atoms with Gasteiger partial charge in [-0.3, -0.25) is 9.69 Å². The molecule has 3 aromatic heterocycles. The summed E-state index contributed by atoms with van der Waals surface area (Å²) in [7, 11) is -3.12. The van der Waals surface area contributed by atoms with Crippen molar-refractivity contribution >= 4 is 26.9 Å². The van der Waals surface area contributed by atoms with Gasteiger partial charge in [0.25, 0.3) is 5.56 Å². The zero-order valence-corrected chi connectivity index (χ0v) is 26.0. The molecule has 0 bridgehead atoms. The van der Waals surface area contributed by atoms with Crippen LogP contribution in [-0.4, -0.2) is 88.9 Å². The van der Waals surface area contributed by atoms with E-state index in [1.165, 1.54) is 6.26 Å². The number of H-pyrrole nitrogens is 1. The minimum atomic E-state index is -3.12. The van der Waals surface area contributed by atoms with Crippen LogP contribution in [0.25, 0.3) is 11.0 Å². The fourth-order valence-corrected chi connectivity index (χ4v) is 7.08. The van der Waals surface area contributed by atoms with Crippen LogP contribution in [0.1, 0.15) is 68.1 Å². The Morgan fingerprint density at radius 2 is 1.73 bits per heavy atom. The highest BCUT2D eigenvalue weighted by Gasteiger charge is 2.31. The summed E-state index contributed by atoms with van der Waals surface area (Å²) in [5, 5.41) is 9.28. The van der Waals surface area contributed by atoms with Gasteiger partial charge >= 0.3 is 0 Å². The molecule has 0 saturated carbocycles. The number of nitrogens with zero attached hydrogens (tertiary/aromatic N) is 6. The Morgan fingerprint density at radius 1 is 1.05 bits per heavy atom. The van der Waals surface area contributed by atoms with Gasteiger partial charge in [-0.1, -0.05) is 0 Å².